The molecule has 4 rings (SSSR count). The number of benzene rings is 2. The van der Waals surface area contributed by atoms with Crippen LogP contribution in [0, 0.1) is 0 Å². The fraction of sp³-hybridized carbons (Fsp3) is 0.385. The number of unbranched alkanes of at least 4 members (excludes halogenated alkanes) is 2. The van der Waals surface area contributed by atoms with Gasteiger partial charge < -0.3 is 4.90 Å². The Labute approximate surface area is 184 Å². The predicted molar refractivity (Wildman–Crippen MR) is 123 cm³/mol. The summed E-state index contributed by atoms with van der Waals surface area (Å²) in [5, 5.41) is 0. The van der Waals surface area contributed by atoms with Crippen LogP contribution in [0.5, 0.6) is 0 Å². The van der Waals surface area contributed by atoms with Gasteiger partial charge in [-0.3, -0.25) is 19.4 Å². The Morgan fingerprint density at radius 2 is 1.42 bits per heavy atom. The summed E-state index contributed by atoms with van der Waals surface area (Å²) < 4.78 is 0. The lowest BCUT2D eigenvalue weighted by Crippen LogP contribution is -2.47. The van der Waals surface area contributed by atoms with Crippen LogP contribution in [0.3, 0.4) is 0 Å². The van der Waals surface area contributed by atoms with Gasteiger partial charge in [-0.05, 0) is 17.5 Å². The maximum Gasteiger partial charge on any atom is 0.277 e. The van der Waals surface area contributed by atoms with Gasteiger partial charge in [-0.2, -0.15) is 0 Å². The molecule has 2 aliphatic rings. The van der Waals surface area contributed by atoms with Gasteiger partial charge in [-0.15, -0.1) is 0 Å². The summed E-state index contributed by atoms with van der Waals surface area (Å²) in [6.07, 6.45) is 2.94. The molecule has 1 fully saturated rings. The molecule has 0 aromatic heterocycles. The number of carbonyl (C=O) groups is 2. The van der Waals surface area contributed by atoms with Gasteiger partial charge in [0.05, 0.1) is 5.57 Å². The maximum absolute atomic E-state index is 13.4. The minimum Gasteiger partial charge on any atom is -0.364 e. The maximum atomic E-state index is 13.4. The fourth-order valence-electron chi connectivity index (χ4n) is 4.42. The van der Waals surface area contributed by atoms with Crippen LogP contribution >= 0.6 is 0 Å². The van der Waals surface area contributed by atoms with E-state index < -0.39 is 0 Å². The van der Waals surface area contributed by atoms with Crippen molar-refractivity contribution in [3.05, 3.63) is 77.5 Å². The van der Waals surface area contributed by atoms with E-state index in [1.165, 1.54) is 10.5 Å². The number of piperazine rings is 1. The molecule has 2 aromatic rings. The molecule has 0 N–H and O–H groups in total. The number of amides is 2. The first-order valence-corrected chi connectivity index (χ1v) is 11.4. The van der Waals surface area contributed by atoms with Gasteiger partial charge in [0.15, 0.2) is 0 Å². The van der Waals surface area contributed by atoms with Crippen LogP contribution in [0.2, 0.25) is 0 Å². The molecule has 0 aliphatic carbocycles. The van der Waals surface area contributed by atoms with E-state index >= 15 is 0 Å². The summed E-state index contributed by atoms with van der Waals surface area (Å²) in [6, 6.07) is 20.1. The van der Waals surface area contributed by atoms with Gasteiger partial charge in [0.25, 0.3) is 11.8 Å². The molecule has 2 heterocycles. The molecule has 0 spiro atoms. The Morgan fingerprint density at radius 1 is 0.774 bits per heavy atom. The molecule has 0 bridgehead atoms. The first kappa shape index (κ1) is 21.3. The number of hydrogen-bond donors (Lipinski definition) is 0. The zero-order chi connectivity index (χ0) is 21.6. The summed E-state index contributed by atoms with van der Waals surface area (Å²) >= 11 is 0. The number of carbonyl (C=O) groups excluding carboxylic acids is 2. The second-order valence-corrected chi connectivity index (χ2v) is 8.31. The lowest BCUT2D eigenvalue weighted by atomic mass is 10.0. The standard InChI is InChI=1S/C26H31N3O2/c1-2-3-10-15-29-25(30)23(22-13-8-5-9-14-22)24(26(29)31)28-18-16-27(17-19-28)20-21-11-6-4-7-12-21/h4-9,11-14H,2-3,10,15-20H2,1H3. The lowest BCUT2D eigenvalue weighted by Gasteiger charge is -2.36. The van der Waals surface area contributed by atoms with E-state index in [0.29, 0.717) is 17.8 Å². The Hall–Kier alpha value is -2.92. The van der Waals surface area contributed by atoms with Gasteiger partial charge in [-0.25, -0.2) is 0 Å². The highest BCUT2D eigenvalue weighted by Gasteiger charge is 2.41. The zero-order valence-electron chi connectivity index (χ0n) is 18.3. The predicted octanol–water partition coefficient (Wildman–Crippen LogP) is 3.77. The highest BCUT2D eigenvalue weighted by Crippen LogP contribution is 2.32. The van der Waals surface area contributed by atoms with Crippen LogP contribution < -0.4 is 0 Å². The van der Waals surface area contributed by atoms with Gasteiger partial charge in [-0.1, -0.05) is 80.4 Å². The first-order valence-electron chi connectivity index (χ1n) is 11.4. The zero-order valence-corrected chi connectivity index (χ0v) is 18.3. The molecule has 5 nitrogen and oxygen atoms in total. The van der Waals surface area contributed by atoms with Gasteiger partial charge >= 0.3 is 0 Å². The topological polar surface area (TPSA) is 43.9 Å². The molecular formula is C26H31N3O2. The fourth-order valence-corrected chi connectivity index (χ4v) is 4.42. The third-order valence-electron chi connectivity index (χ3n) is 6.13. The molecule has 1 saturated heterocycles. The van der Waals surface area contributed by atoms with Crippen molar-refractivity contribution in [2.45, 2.75) is 32.7 Å². The van der Waals surface area contributed by atoms with Crippen molar-refractivity contribution in [3.8, 4) is 0 Å². The Bertz CT molecular complexity index is 932. The van der Waals surface area contributed by atoms with E-state index in [1.807, 2.05) is 36.4 Å². The van der Waals surface area contributed by atoms with E-state index in [2.05, 4.69) is 41.0 Å². The molecule has 0 unspecified atom stereocenters. The van der Waals surface area contributed by atoms with Crippen molar-refractivity contribution in [2.75, 3.05) is 32.7 Å². The second-order valence-electron chi connectivity index (χ2n) is 8.31. The first-order chi connectivity index (χ1) is 15.2. The van der Waals surface area contributed by atoms with Gasteiger partial charge in [0.2, 0.25) is 0 Å². The van der Waals surface area contributed by atoms with Crippen molar-refractivity contribution in [3.63, 3.8) is 0 Å². The average molecular weight is 418 g/mol. The summed E-state index contributed by atoms with van der Waals surface area (Å²) in [5.74, 6) is -0.273. The number of nitrogens with zero attached hydrogens (tertiary/aromatic N) is 3. The molecule has 2 aromatic carbocycles. The Kier molecular flexibility index (Phi) is 6.82. The smallest absolute Gasteiger partial charge is 0.277 e. The van der Waals surface area contributed by atoms with E-state index in [0.717, 1.165) is 57.5 Å². The average Bonchev–Trinajstić information content (AvgIpc) is 3.06. The molecule has 31 heavy (non-hydrogen) atoms. The lowest BCUT2D eigenvalue weighted by molar-refractivity contribution is -0.137. The molecule has 5 heteroatoms. The van der Waals surface area contributed by atoms with E-state index in [4.69, 9.17) is 0 Å². The third-order valence-corrected chi connectivity index (χ3v) is 6.13. The quantitative estimate of drug-likeness (QED) is 0.484. The summed E-state index contributed by atoms with van der Waals surface area (Å²) in [5.41, 5.74) is 3.29. The highest BCUT2D eigenvalue weighted by atomic mass is 16.2. The van der Waals surface area contributed by atoms with E-state index in [1.54, 1.807) is 0 Å². The minimum absolute atomic E-state index is 0.128. The molecule has 162 valence electrons. The van der Waals surface area contributed by atoms with Crippen LogP contribution in [0.15, 0.2) is 66.4 Å². The molecular weight excluding hydrogens is 386 g/mol. The highest BCUT2D eigenvalue weighted by molar-refractivity contribution is 6.35. The van der Waals surface area contributed by atoms with Crippen molar-refractivity contribution in [1.82, 2.24) is 14.7 Å². The van der Waals surface area contributed by atoms with Crippen LogP contribution in [-0.2, 0) is 16.1 Å². The molecule has 2 amide bonds. The summed E-state index contributed by atoms with van der Waals surface area (Å²) in [4.78, 5) is 32.6. The van der Waals surface area contributed by atoms with E-state index in [9.17, 15) is 9.59 Å². The van der Waals surface area contributed by atoms with Crippen molar-refractivity contribution in [2.24, 2.45) is 0 Å². The normalized spacial score (nSPS) is 17.7. The second kappa shape index (κ2) is 9.92. The van der Waals surface area contributed by atoms with Crippen LogP contribution in [0.4, 0.5) is 0 Å². The van der Waals surface area contributed by atoms with Crippen LogP contribution in [-0.4, -0.2) is 59.2 Å². The molecule has 0 atom stereocenters. The number of rotatable bonds is 8. The van der Waals surface area contributed by atoms with Crippen molar-refractivity contribution >= 4 is 17.4 Å². The molecule has 0 radical (unpaired) electrons. The Morgan fingerprint density at radius 3 is 2.06 bits per heavy atom. The van der Waals surface area contributed by atoms with Crippen molar-refractivity contribution < 1.29 is 9.59 Å². The van der Waals surface area contributed by atoms with Crippen LogP contribution in [0.1, 0.15) is 37.3 Å². The van der Waals surface area contributed by atoms with Gasteiger partial charge in [0, 0.05) is 39.3 Å². The number of imide groups is 1. The minimum atomic E-state index is -0.144. The van der Waals surface area contributed by atoms with Crippen molar-refractivity contribution in [1.29, 1.82) is 0 Å². The SMILES string of the molecule is CCCCCN1C(=O)C(c2ccccc2)=C(N2CCN(Cc3ccccc3)CC2)C1=O. The van der Waals surface area contributed by atoms with Gasteiger partial charge in [0.1, 0.15) is 5.70 Å². The molecule has 2 aliphatic heterocycles. The number of hydrogen-bond acceptors (Lipinski definition) is 4. The molecule has 0 saturated carbocycles. The van der Waals surface area contributed by atoms with E-state index in [-0.39, 0.29) is 11.8 Å². The van der Waals surface area contributed by atoms with Crippen LogP contribution in [0.25, 0.3) is 5.57 Å². The third kappa shape index (κ3) is 4.72. The Balaban J connectivity index is 1.53. The monoisotopic (exact) mass is 417 g/mol. The largest absolute Gasteiger partial charge is 0.364 e. The summed E-state index contributed by atoms with van der Waals surface area (Å²) in [6.45, 7) is 6.78. The summed E-state index contributed by atoms with van der Waals surface area (Å²) in [7, 11) is 0.